The van der Waals surface area contributed by atoms with E-state index in [1.165, 1.54) is 0 Å². The molecule has 1 heterocycles. The fourth-order valence-electron chi connectivity index (χ4n) is 2.35. The minimum Gasteiger partial charge on any atom is -0.497 e. The van der Waals surface area contributed by atoms with E-state index in [9.17, 15) is 4.79 Å². The van der Waals surface area contributed by atoms with E-state index in [1.54, 1.807) is 7.11 Å². The number of ether oxygens (including phenoxy) is 1. The maximum atomic E-state index is 12.3. The Kier molecular flexibility index (Phi) is 3.90. The summed E-state index contributed by atoms with van der Waals surface area (Å²) in [5.74, 6) is 0.939. The molecule has 0 aliphatic heterocycles. The third-order valence-electron chi connectivity index (χ3n) is 3.51. The van der Waals surface area contributed by atoms with E-state index in [-0.39, 0.29) is 5.78 Å². The summed E-state index contributed by atoms with van der Waals surface area (Å²) in [5.41, 5.74) is 2.82. The first-order valence-corrected chi connectivity index (χ1v) is 6.47. The number of rotatable bonds is 5. The Labute approximate surface area is 113 Å². The fourth-order valence-corrected chi connectivity index (χ4v) is 2.35. The quantitative estimate of drug-likeness (QED) is 0.839. The van der Waals surface area contributed by atoms with Gasteiger partial charge in [0.2, 0.25) is 0 Å². The van der Waals surface area contributed by atoms with Crippen molar-refractivity contribution in [3.63, 3.8) is 0 Å². The van der Waals surface area contributed by atoms with Gasteiger partial charge in [0, 0.05) is 29.8 Å². The zero-order valence-corrected chi connectivity index (χ0v) is 11.9. The van der Waals surface area contributed by atoms with E-state index in [0.717, 1.165) is 34.5 Å². The van der Waals surface area contributed by atoms with Crippen LogP contribution in [0.1, 0.15) is 23.0 Å². The minimum absolute atomic E-state index is 0.134. The molecule has 4 heteroatoms. The summed E-state index contributed by atoms with van der Waals surface area (Å²) in [6.07, 6.45) is 0. The van der Waals surface area contributed by atoms with Gasteiger partial charge in [0.15, 0.2) is 5.78 Å². The van der Waals surface area contributed by atoms with Gasteiger partial charge in [-0.05, 0) is 25.6 Å². The number of likely N-dealkylation sites (N-methyl/N-ethyl adjacent to an activating group) is 1. The van der Waals surface area contributed by atoms with Crippen LogP contribution in [0.25, 0.3) is 10.9 Å². The summed E-state index contributed by atoms with van der Waals surface area (Å²) in [6.45, 7) is 5.14. The Balaban J connectivity index is 2.55. The van der Waals surface area contributed by atoms with Crippen molar-refractivity contribution in [3.05, 3.63) is 29.5 Å². The van der Waals surface area contributed by atoms with E-state index >= 15 is 0 Å². The topological polar surface area (TPSA) is 43.3 Å². The number of ketones is 1. The zero-order valence-electron chi connectivity index (χ0n) is 11.9. The highest BCUT2D eigenvalue weighted by molar-refractivity contribution is 6.10. The minimum atomic E-state index is 0.134. The molecule has 0 aliphatic carbocycles. The number of aromatic nitrogens is 1. The molecule has 0 radical (unpaired) electrons. The molecule has 0 atom stereocenters. The molecule has 4 nitrogen and oxygen atoms in total. The van der Waals surface area contributed by atoms with Crippen LogP contribution in [0, 0.1) is 6.92 Å². The molecule has 0 saturated carbocycles. The molecule has 2 aromatic rings. The number of carbonyl (C=O) groups excluding carboxylic acids is 1. The van der Waals surface area contributed by atoms with E-state index in [1.807, 2.05) is 43.7 Å². The number of benzene rings is 1. The highest BCUT2D eigenvalue weighted by Gasteiger charge is 2.18. The summed E-state index contributed by atoms with van der Waals surface area (Å²) < 4.78 is 7.28. The number of hydrogen-bond acceptors (Lipinski definition) is 3. The van der Waals surface area contributed by atoms with Gasteiger partial charge in [0.05, 0.1) is 19.2 Å². The largest absolute Gasteiger partial charge is 0.497 e. The lowest BCUT2D eigenvalue weighted by Crippen LogP contribution is -2.23. The first-order valence-electron chi connectivity index (χ1n) is 6.47. The molecule has 0 spiro atoms. The SMILES string of the molecule is CCNCC(=O)c1c(C)n(C)c2cc(OC)ccc12. The van der Waals surface area contributed by atoms with E-state index in [2.05, 4.69) is 5.32 Å². The Bertz CT molecular complexity index is 614. The van der Waals surface area contributed by atoms with E-state index in [0.29, 0.717) is 6.54 Å². The fraction of sp³-hybridized carbons (Fsp3) is 0.400. The second kappa shape index (κ2) is 5.45. The van der Waals surface area contributed by atoms with Crippen molar-refractivity contribution >= 4 is 16.7 Å². The Morgan fingerprint density at radius 1 is 1.42 bits per heavy atom. The van der Waals surface area contributed by atoms with Gasteiger partial charge in [-0.15, -0.1) is 0 Å². The lowest BCUT2D eigenvalue weighted by atomic mass is 10.1. The van der Waals surface area contributed by atoms with Gasteiger partial charge in [-0.3, -0.25) is 4.79 Å². The number of fused-ring (bicyclic) bond motifs is 1. The number of Topliss-reactive ketones (excluding diaryl/α,β-unsaturated/α-hetero) is 1. The number of aryl methyl sites for hydroxylation is 1. The first kappa shape index (κ1) is 13.6. The predicted octanol–water partition coefficient (Wildman–Crippen LogP) is 2.29. The van der Waals surface area contributed by atoms with E-state index in [4.69, 9.17) is 4.74 Å². The van der Waals surface area contributed by atoms with Crippen molar-refractivity contribution in [1.29, 1.82) is 0 Å². The Morgan fingerprint density at radius 2 is 2.16 bits per heavy atom. The van der Waals surface area contributed by atoms with Gasteiger partial charge >= 0.3 is 0 Å². The van der Waals surface area contributed by atoms with Gasteiger partial charge in [0.25, 0.3) is 0 Å². The predicted molar refractivity (Wildman–Crippen MR) is 77.1 cm³/mol. The third kappa shape index (κ3) is 2.36. The van der Waals surface area contributed by atoms with Crippen molar-refractivity contribution in [1.82, 2.24) is 9.88 Å². The molecule has 0 fully saturated rings. The normalized spacial score (nSPS) is 10.9. The highest BCUT2D eigenvalue weighted by Crippen LogP contribution is 2.28. The van der Waals surface area contributed by atoms with Crippen molar-refractivity contribution in [2.45, 2.75) is 13.8 Å². The summed E-state index contributed by atoms with van der Waals surface area (Å²) in [6, 6.07) is 5.82. The van der Waals surface area contributed by atoms with Crippen LogP contribution in [0.5, 0.6) is 5.75 Å². The van der Waals surface area contributed by atoms with Gasteiger partial charge in [-0.2, -0.15) is 0 Å². The molecule has 0 amide bonds. The van der Waals surface area contributed by atoms with Crippen LogP contribution in [0.4, 0.5) is 0 Å². The molecule has 1 N–H and O–H groups in total. The van der Waals surface area contributed by atoms with Gasteiger partial charge in [0.1, 0.15) is 5.75 Å². The summed E-state index contributed by atoms with van der Waals surface area (Å²) >= 11 is 0. The lowest BCUT2D eigenvalue weighted by molar-refractivity contribution is 0.0992. The molecule has 0 aliphatic rings. The summed E-state index contributed by atoms with van der Waals surface area (Å²) in [7, 11) is 3.62. The van der Waals surface area contributed by atoms with Gasteiger partial charge < -0.3 is 14.6 Å². The second-order valence-corrected chi connectivity index (χ2v) is 4.61. The first-order chi connectivity index (χ1) is 9.10. The standard InChI is InChI=1S/C15H20N2O2/c1-5-16-9-14(18)15-10(2)17(3)13-8-11(19-4)6-7-12(13)15/h6-8,16H,5,9H2,1-4H3. The number of methoxy groups -OCH3 is 1. The maximum absolute atomic E-state index is 12.3. The number of nitrogens with zero attached hydrogens (tertiary/aromatic N) is 1. The van der Waals surface area contributed by atoms with Crippen LogP contribution in [-0.2, 0) is 7.05 Å². The molecule has 19 heavy (non-hydrogen) atoms. The zero-order chi connectivity index (χ0) is 14.0. The average molecular weight is 260 g/mol. The monoisotopic (exact) mass is 260 g/mol. The molecule has 102 valence electrons. The summed E-state index contributed by atoms with van der Waals surface area (Å²) in [5, 5.41) is 4.08. The number of nitrogens with one attached hydrogen (secondary N) is 1. The lowest BCUT2D eigenvalue weighted by Gasteiger charge is -2.02. The highest BCUT2D eigenvalue weighted by atomic mass is 16.5. The number of carbonyl (C=O) groups is 1. The Hall–Kier alpha value is -1.81. The average Bonchev–Trinajstić information content (AvgIpc) is 2.68. The van der Waals surface area contributed by atoms with Gasteiger partial charge in [-0.25, -0.2) is 0 Å². The molecule has 2 rings (SSSR count). The van der Waals surface area contributed by atoms with Crippen LogP contribution in [0.15, 0.2) is 18.2 Å². The number of hydrogen-bond donors (Lipinski definition) is 1. The molecular weight excluding hydrogens is 240 g/mol. The van der Waals surface area contributed by atoms with Gasteiger partial charge in [-0.1, -0.05) is 6.92 Å². The van der Waals surface area contributed by atoms with Crippen molar-refractivity contribution in [2.24, 2.45) is 7.05 Å². The van der Waals surface area contributed by atoms with Crippen LogP contribution < -0.4 is 10.1 Å². The second-order valence-electron chi connectivity index (χ2n) is 4.61. The molecule has 1 aromatic carbocycles. The van der Waals surface area contributed by atoms with Crippen LogP contribution in [-0.4, -0.2) is 30.5 Å². The summed E-state index contributed by atoms with van der Waals surface area (Å²) in [4.78, 5) is 12.3. The van der Waals surface area contributed by atoms with Crippen LogP contribution in [0.3, 0.4) is 0 Å². The van der Waals surface area contributed by atoms with Crippen LogP contribution >= 0.6 is 0 Å². The van der Waals surface area contributed by atoms with Crippen molar-refractivity contribution < 1.29 is 9.53 Å². The van der Waals surface area contributed by atoms with Crippen molar-refractivity contribution in [3.8, 4) is 5.75 Å². The smallest absolute Gasteiger partial charge is 0.179 e. The third-order valence-corrected chi connectivity index (χ3v) is 3.51. The Morgan fingerprint density at radius 3 is 2.79 bits per heavy atom. The molecule has 0 saturated heterocycles. The van der Waals surface area contributed by atoms with Crippen molar-refractivity contribution in [2.75, 3.05) is 20.2 Å². The van der Waals surface area contributed by atoms with E-state index < -0.39 is 0 Å². The van der Waals surface area contributed by atoms with Crippen LogP contribution in [0.2, 0.25) is 0 Å². The molecule has 0 bridgehead atoms. The molecule has 0 unspecified atom stereocenters. The molecule has 1 aromatic heterocycles. The molecular formula is C15H20N2O2. The maximum Gasteiger partial charge on any atom is 0.179 e.